The summed E-state index contributed by atoms with van der Waals surface area (Å²) in [5, 5.41) is 0.500. The number of benzene rings is 3. The van der Waals surface area contributed by atoms with E-state index < -0.39 is 7.80 Å². The molecule has 1 atom stereocenters. The molecule has 166 valence electrons. The number of carbonyl (C=O) groups excluding carboxylic acids is 2. The zero-order chi connectivity index (χ0) is 23.8. The Balaban J connectivity index is 2.07. The minimum absolute atomic E-state index is 0.0400. The van der Waals surface area contributed by atoms with Gasteiger partial charge in [0, 0.05) is 22.0 Å². The molecule has 4 heteroatoms. The van der Waals surface area contributed by atoms with Gasteiger partial charge in [-0.25, -0.2) is 0 Å². The van der Waals surface area contributed by atoms with Gasteiger partial charge in [0.2, 0.25) is 5.52 Å². The lowest BCUT2D eigenvalue weighted by Crippen LogP contribution is -2.18. The molecule has 32 heavy (non-hydrogen) atoms. The van der Waals surface area contributed by atoms with Crippen LogP contribution in [-0.2, 0) is 9.98 Å². The summed E-state index contributed by atoms with van der Waals surface area (Å²) in [4.78, 5) is 26.5. The predicted molar refractivity (Wildman–Crippen MR) is 133 cm³/mol. The number of carbonyl (C=O) groups is 2. The van der Waals surface area contributed by atoms with E-state index in [1.165, 1.54) is 0 Å². The first-order valence-corrected chi connectivity index (χ1v) is 12.2. The van der Waals surface area contributed by atoms with Crippen LogP contribution in [0.4, 0.5) is 0 Å². The van der Waals surface area contributed by atoms with Crippen LogP contribution in [0, 0.1) is 27.7 Å². The number of aryl methyl sites for hydroxylation is 3. The maximum Gasteiger partial charge on any atom is 0.223 e. The summed E-state index contributed by atoms with van der Waals surface area (Å²) in [7, 11) is -2.83. The fourth-order valence-corrected chi connectivity index (χ4v) is 5.93. The Morgan fingerprint density at radius 2 is 1.34 bits per heavy atom. The van der Waals surface area contributed by atoms with Crippen molar-refractivity contribution in [2.24, 2.45) is 0 Å². The first-order valence-electron chi connectivity index (χ1n) is 10.8. The summed E-state index contributed by atoms with van der Waals surface area (Å²) in [6.07, 6.45) is 0. The largest absolute Gasteiger partial charge is 0.313 e. The van der Waals surface area contributed by atoms with Gasteiger partial charge in [0.25, 0.3) is 0 Å². The van der Waals surface area contributed by atoms with Crippen molar-refractivity contribution in [3.63, 3.8) is 0 Å². The van der Waals surface area contributed by atoms with Gasteiger partial charge in [-0.05, 0) is 60.9 Å². The highest BCUT2D eigenvalue weighted by Crippen LogP contribution is 2.35. The van der Waals surface area contributed by atoms with Crippen LogP contribution < -0.4 is 5.30 Å². The Morgan fingerprint density at radius 3 is 1.88 bits per heavy atom. The third-order valence-corrected chi connectivity index (χ3v) is 7.90. The number of hydrogen-bond donors (Lipinski definition) is 0. The van der Waals surface area contributed by atoms with Gasteiger partial charge in [0.15, 0.2) is 13.6 Å². The molecule has 0 fully saturated rings. The average Bonchev–Trinajstić information content (AvgIpc) is 2.72. The van der Waals surface area contributed by atoms with E-state index in [9.17, 15) is 14.2 Å². The van der Waals surface area contributed by atoms with Gasteiger partial charge in [0.1, 0.15) is 0 Å². The monoisotopic (exact) mass is 446 g/mol. The van der Waals surface area contributed by atoms with Crippen LogP contribution in [0.1, 0.15) is 74.9 Å². The zero-order valence-electron chi connectivity index (χ0n) is 19.9. The Morgan fingerprint density at radius 1 is 0.781 bits per heavy atom. The molecular formula is C28H31O3P. The molecule has 0 aliphatic heterocycles. The number of hydrogen-bond acceptors (Lipinski definition) is 3. The van der Waals surface area contributed by atoms with E-state index in [-0.39, 0.29) is 16.7 Å². The summed E-state index contributed by atoms with van der Waals surface area (Å²) in [6, 6.07) is 16.6. The van der Waals surface area contributed by atoms with Crippen molar-refractivity contribution in [3.05, 3.63) is 99.1 Å². The van der Waals surface area contributed by atoms with Crippen LogP contribution in [-0.4, -0.2) is 11.3 Å². The minimum atomic E-state index is -2.83. The van der Waals surface area contributed by atoms with E-state index in [0.717, 1.165) is 22.3 Å². The van der Waals surface area contributed by atoms with Crippen LogP contribution in [0.3, 0.4) is 0 Å². The zero-order valence-corrected chi connectivity index (χ0v) is 20.9. The van der Waals surface area contributed by atoms with E-state index >= 15 is 0 Å². The van der Waals surface area contributed by atoms with Gasteiger partial charge in [0.05, 0.1) is 0 Å². The van der Waals surface area contributed by atoms with Crippen molar-refractivity contribution < 1.29 is 14.2 Å². The predicted octanol–water partition coefficient (Wildman–Crippen LogP) is 6.47. The minimum Gasteiger partial charge on any atom is -0.313 e. The standard InChI is InChI=1S/C28H31O3P/c1-17-13-14-23(25(29)21-11-9-8-10-12-21)20(4)26(17)32(31)27(30)24-18(2)15-22(16-19(24)3)28(5,6)7/h8-16,32H,1-7H3. The van der Waals surface area contributed by atoms with Crippen molar-refractivity contribution in [2.75, 3.05) is 0 Å². The van der Waals surface area contributed by atoms with Crippen LogP contribution in [0.15, 0.2) is 54.6 Å². The van der Waals surface area contributed by atoms with Crippen LogP contribution >= 0.6 is 7.80 Å². The molecule has 3 rings (SSSR count). The van der Waals surface area contributed by atoms with Gasteiger partial charge >= 0.3 is 0 Å². The molecule has 0 saturated carbocycles. The van der Waals surface area contributed by atoms with Crippen molar-refractivity contribution in [1.82, 2.24) is 0 Å². The van der Waals surface area contributed by atoms with Crippen molar-refractivity contribution >= 4 is 24.4 Å². The van der Waals surface area contributed by atoms with Gasteiger partial charge in [-0.2, -0.15) is 0 Å². The lowest BCUT2D eigenvalue weighted by Gasteiger charge is -2.22. The number of ketones is 1. The van der Waals surface area contributed by atoms with Crippen LogP contribution in [0.25, 0.3) is 0 Å². The van der Waals surface area contributed by atoms with E-state index in [2.05, 4.69) is 20.8 Å². The Kier molecular flexibility index (Phi) is 6.72. The molecule has 0 spiro atoms. The molecule has 0 aliphatic rings. The third kappa shape index (κ3) is 4.54. The molecule has 3 aromatic carbocycles. The maximum atomic E-state index is 13.6. The van der Waals surface area contributed by atoms with Gasteiger partial charge in [-0.1, -0.05) is 75.4 Å². The third-order valence-electron chi connectivity index (χ3n) is 6.01. The molecule has 0 heterocycles. The second-order valence-electron chi connectivity index (χ2n) is 9.52. The van der Waals surface area contributed by atoms with Crippen LogP contribution in [0.5, 0.6) is 0 Å². The van der Waals surface area contributed by atoms with E-state index in [4.69, 9.17) is 0 Å². The highest BCUT2D eigenvalue weighted by Gasteiger charge is 2.26. The van der Waals surface area contributed by atoms with Crippen molar-refractivity contribution in [2.45, 2.75) is 53.9 Å². The molecule has 0 N–H and O–H groups in total. The van der Waals surface area contributed by atoms with Gasteiger partial charge in [-0.3, -0.25) is 9.59 Å². The SMILES string of the molecule is Cc1cc(C(C)(C)C)cc(C)c1C(=O)[PH](=O)c1c(C)ccc(C(=O)c2ccccc2)c1C. The summed E-state index contributed by atoms with van der Waals surface area (Å²) in [5.74, 6) is -0.131. The Labute approximate surface area is 191 Å². The molecule has 3 aromatic rings. The Bertz CT molecular complexity index is 1210. The Hall–Kier alpha value is -2.77. The second kappa shape index (κ2) is 9.00. The fraction of sp³-hybridized carbons (Fsp3) is 0.286. The van der Waals surface area contributed by atoms with E-state index in [1.807, 2.05) is 51.1 Å². The van der Waals surface area contributed by atoms with Crippen molar-refractivity contribution in [3.8, 4) is 0 Å². The van der Waals surface area contributed by atoms with Gasteiger partial charge in [-0.15, -0.1) is 0 Å². The summed E-state index contributed by atoms with van der Waals surface area (Å²) in [6.45, 7) is 13.8. The van der Waals surface area contributed by atoms with E-state index in [0.29, 0.717) is 27.6 Å². The molecular weight excluding hydrogens is 415 g/mol. The lowest BCUT2D eigenvalue weighted by molar-refractivity contribution is 0.103. The molecule has 3 nitrogen and oxygen atoms in total. The van der Waals surface area contributed by atoms with Gasteiger partial charge < -0.3 is 4.57 Å². The topological polar surface area (TPSA) is 51.2 Å². The molecule has 0 radical (unpaired) electrons. The average molecular weight is 447 g/mol. The number of rotatable bonds is 5. The normalized spacial score (nSPS) is 12.5. The first-order chi connectivity index (χ1) is 14.9. The highest BCUT2D eigenvalue weighted by atomic mass is 31.1. The lowest BCUT2D eigenvalue weighted by atomic mass is 9.84. The summed E-state index contributed by atoms with van der Waals surface area (Å²) in [5.41, 5.74) is 5.41. The summed E-state index contributed by atoms with van der Waals surface area (Å²) >= 11 is 0. The van der Waals surface area contributed by atoms with Crippen LogP contribution in [0.2, 0.25) is 0 Å². The molecule has 0 amide bonds. The highest BCUT2D eigenvalue weighted by molar-refractivity contribution is 7.71. The molecule has 0 aromatic heterocycles. The quantitative estimate of drug-likeness (QED) is 0.333. The fourth-order valence-electron chi connectivity index (χ4n) is 4.17. The van der Waals surface area contributed by atoms with E-state index in [1.54, 1.807) is 31.2 Å². The maximum absolute atomic E-state index is 13.6. The molecule has 0 bridgehead atoms. The second-order valence-corrected chi connectivity index (χ2v) is 11.1. The molecule has 0 aliphatic carbocycles. The first kappa shape index (κ1) is 23.9. The molecule has 1 unspecified atom stereocenters. The summed E-state index contributed by atoms with van der Waals surface area (Å²) < 4.78 is 13.6. The molecule has 0 saturated heterocycles. The van der Waals surface area contributed by atoms with Crippen molar-refractivity contribution in [1.29, 1.82) is 0 Å². The smallest absolute Gasteiger partial charge is 0.223 e.